The summed E-state index contributed by atoms with van der Waals surface area (Å²) in [5, 5.41) is 15.9. The Hall–Kier alpha value is -3.89. The quantitative estimate of drug-likeness (QED) is 0.443. The maximum Gasteiger partial charge on any atom is 0.328 e. The van der Waals surface area contributed by atoms with Gasteiger partial charge in [-0.1, -0.05) is 19.9 Å². The van der Waals surface area contributed by atoms with Crippen LogP contribution in [-0.2, 0) is 20.7 Å². The van der Waals surface area contributed by atoms with Gasteiger partial charge in [-0.2, -0.15) is 4.52 Å². The van der Waals surface area contributed by atoms with Crippen LogP contribution in [0.3, 0.4) is 0 Å². The van der Waals surface area contributed by atoms with E-state index in [0.29, 0.717) is 17.9 Å². The molecule has 1 aliphatic rings. The number of amides is 1. The summed E-state index contributed by atoms with van der Waals surface area (Å²) < 4.78 is 11.8. The number of carbonyl (C=O) groups is 2. The number of ether oxygens (including phenoxy) is 2. The predicted octanol–water partition coefficient (Wildman–Crippen LogP) is 1.71. The molecule has 3 aromatic rings. The van der Waals surface area contributed by atoms with Crippen LogP contribution in [0.5, 0.6) is 5.75 Å². The molecule has 0 radical (unpaired) electrons. The number of esters is 1. The third-order valence-electron chi connectivity index (χ3n) is 6.35. The van der Waals surface area contributed by atoms with E-state index in [4.69, 9.17) is 14.6 Å². The van der Waals surface area contributed by atoms with Gasteiger partial charge in [0.1, 0.15) is 17.6 Å². The molecule has 3 heterocycles. The van der Waals surface area contributed by atoms with Crippen molar-refractivity contribution in [3.8, 4) is 5.75 Å². The van der Waals surface area contributed by atoms with Gasteiger partial charge in [-0.05, 0) is 30.2 Å². The molecule has 36 heavy (non-hydrogen) atoms. The summed E-state index contributed by atoms with van der Waals surface area (Å²) in [6.07, 6.45) is 0.505. The monoisotopic (exact) mass is 495 g/mol. The number of hydrogen-bond acceptors (Lipinski definition) is 9. The van der Waals surface area contributed by atoms with Gasteiger partial charge in [0.15, 0.2) is 11.5 Å². The topological polar surface area (TPSA) is 114 Å². The molecule has 0 bridgehead atoms. The van der Waals surface area contributed by atoms with Crippen LogP contribution in [-0.4, -0.2) is 78.1 Å². The largest absolute Gasteiger partial charge is 0.497 e. The lowest BCUT2D eigenvalue weighted by Gasteiger charge is -2.36. The van der Waals surface area contributed by atoms with Crippen molar-refractivity contribution < 1.29 is 19.1 Å². The van der Waals surface area contributed by atoms with Gasteiger partial charge in [0.25, 0.3) is 0 Å². The molecule has 11 heteroatoms. The van der Waals surface area contributed by atoms with Crippen LogP contribution >= 0.6 is 0 Å². The van der Waals surface area contributed by atoms with Gasteiger partial charge < -0.3 is 24.6 Å². The van der Waals surface area contributed by atoms with E-state index < -0.39 is 12.0 Å². The fraction of sp³-hybridized carbons (Fsp3) is 0.480. The van der Waals surface area contributed by atoms with Crippen LogP contribution in [0.2, 0.25) is 0 Å². The van der Waals surface area contributed by atoms with Gasteiger partial charge in [0, 0.05) is 50.8 Å². The molecular formula is C25H33N7O4. The zero-order chi connectivity index (χ0) is 25.7. The zero-order valence-electron chi connectivity index (χ0n) is 21.2. The second-order valence-corrected chi connectivity index (χ2v) is 9.07. The van der Waals surface area contributed by atoms with Crippen molar-refractivity contribution >= 4 is 29.0 Å². The molecule has 11 nitrogen and oxygen atoms in total. The number of carbonyl (C=O) groups excluding carboxylic acids is 2. The number of benzene rings is 1. The molecule has 1 amide bonds. The summed E-state index contributed by atoms with van der Waals surface area (Å²) in [6, 6.07) is 11.2. The van der Waals surface area contributed by atoms with Gasteiger partial charge >= 0.3 is 5.97 Å². The van der Waals surface area contributed by atoms with E-state index >= 15 is 0 Å². The second kappa shape index (κ2) is 11.2. The maximum absolute atomic E-state index is 12.5. The highest BCUT2D eigenvalue weighted by atomic mass is 16.5. The standard InChI is InChI=1S/C25H33N7O4/c1-17(2)24(25(34)36-4)26-23(33)11-10-21-28-27-20-8-9-22(29-32(20)21)31-14-12-30(13-15-31)18-6-5-7-19(16-18)35-3/h5-9,16-17,24H,10-15H2,1-4H3,(H,26,33)/t24-/m0/s1. The number of anilines is 2. The van der Waals surface area contributed by atoms with Crippen molar-refractivity contribution in [1.29, 1.82) is 0 Å². The van der Waals surface area contributed by atoms with Crippen molar-refractivity contribution in [2.24, 2.45) is 5.92 Å². The molecule has 192 valence electrons. The number of piperazine rings is 1. The van der Waals surface area contributed by atoms with Crippen molar-refractivity contribution in [3.63, 3.8) is 0 Å². The van der Waals surface area contributed by atoms with Crippen LogP contribution < -0.4 is 19.9 Å². The number of aromatic nitrogens is 4. The Morgan fingerprint density at radius 1 is 1.03 bits per heavy atom. The summed E-state index contributed by atoms with van der Waals surface area (Å²) in [6.45, 7) is 7.07. The van der Waals surface area contributed by atoms with Gasteiger partial charge in [-0.15, -0.1) is 15.3 Å². The Morgan fingerprint density at radius 3 is 2.47 bits per heavy atom. The normalized spacial score (nSPS) is 14.7. The van der Waals surface area contributed by atoms with Crippen LogP contribution in [0.15, 0.2) is 36.4 Å². The lowest BCUT2D eigenvalue weighted by atomic mass is 10.0. The molecule has 1 saturated heterocycles. The van der Waals surface area contributed by atoms with Gasteiger partial charge in [-0.25, -0.2) is 4.79 Å². The van der Waals surface area contributed by atoms with Crippen molar-refractivity contribution in [2.75, 3.05) is 50.2 Å². The van der Waals surface area contributed by atoms with Crippen LogP contribution in [0.1, 0.15) is 26.1 Å². The summed E-state index contributed by atoms with van der Waals surface area (Å²) >= 11 is 0. The number of nitrogens with zero attached hydrogens (tertiary/aromatic N) is 6. The number of hydrogen-bond donors (Lipinski definition) is 1. The first-order valence-electron chi connectivity index (χ1n) is 12.1. The molecular weight excluding hydrogens is 462 g/mol. The number of nitrogens with one attached hydrogen (secondary N) is 1. The van der Waals surface area contributed by atoms with E-state index in [1.54, 1.807) is 11.6 Å². The molecule has 0 spiro atoms. The Balaban J connectivity index is 1.39. The summed E-state index contributed by atoms with van der Waals surface area (Å²) in [7, 11) is 2.99. The number of fused-ring (bicyclic) bond motifs is 1. The minimum absolute atomic E-state index is 0.0797. The molecule has 1 atom stereocenters. The molecule has 0 unspecified atom stereocenters. The molecule has 1 N–H and O–H groups in total. The van der Waals surface area contributed by atoms with Gasteiger partial charge in [0.2, 0.25) is 5.91 Å². The molecule has 2 aromatic heterocycles. The van der Waals surface area contributed by atoms with Gasteiger partial charge in [-0.3, -0.25) is 4.79 Å². The van der Waals surface area contributed by atoms with E-state index in [9.17, 15) is 9.59 Å². The summed E-state index contributed by atoms with van der Waals surface area (Å²) in [5.41, 5.74) is 1.77. The van der Waals surface area contributed by atoms with Crippen LogP contribution in [0.25, 0.3) is 5.65 Å². The smallest absolute Gasteiger partial charge is 0.328 e. The van der Waals surface area contributed by atoms with Crippen LogP contribution in [0.4, 0.5) is 11.5 Å². The third-order valence-corrected chi connectivity index (χ3v) is 6.35. The number of methoxy groups -OCH3 is 2. The lowest BCUT2D eigenvalue weighted by molar-refractivity contribution is -0.146. The van der Waals surface area contributed by atoms with Crippen molar-refractivity contribution in [3.05, 3.63) is 42.2 Å². The first-order valence-corrected chi connectivity index (χ1v) is 12.1. The van der Waals surface area contributed by atoms with E-state index in [2.05, 4.69) is 31.4 Å². The Kier molecular flexibility index (Phi) is 7.87. The Bertz CT molecular complexity index is 1200. The van der Waals surface area contributed by atoms with Crippen LogP contribution in [0, 0.1) is 5.92 Å². The highest BCUT2D eigenvalue weighted by molar-refractivity contribution is 5.84. The molecule has 1 aromatic carbocycles. The number of rotatable bonds is 9. The van der Waals surface area contributed by atoms with E-state index in [0.717, 1.165) is 43.4 Å². The average Bonchev–Trinajstić information content (AvgIpc) is 3.32. The molecule has 1 aliphatic heterocycles. The highest BCUT2D eigenvalue weighted by Crippen LogP contribution is 2.23. The Labute approximate surface area is 210 Å². The summed E-state index contributed by atoms with van der Waals surface area (Å²) in [4.78, 5) is 29.0. The maximum atomic E-state index is 12.5. The molecule has 0 saturated carbocycles. The molecule has 4 rings (SSSR count). The molecule has 1 fully saturated rings. The minimum atomic E-state index is -0.682. The van der Waals surface area contributed by atoms with Gasteiger partial charge in [0.05, 0.1) is 14.2 Å². The second-order valence-electron chi connectivity index (χ2n) is 9.07. The summed E-state index contributed by atoms with van der Waals surface area (Å²) in [5.74, 6) is 1.50. The van der Waals surface area contributed by atoms with E-state index in [1.807, 2.05) is 44.2 Å². The average molecular weight is 496 g/mol. The molecule has 0 aliphatic carbocycles. The lowest BCUT2D eigenvalue weighted by Crippen LogP contribution is -2.47. The zero-order valence-corrected chi connectivity index (χ0v) is 21.2. The van der Waals surface area contributed by atoms with E-state index in [-0.39, 0.29) is 18.2 Å². The predicted molar refractivity (Wildman–Crippen MR) is 135 cm³/mol. The minimum Gasteiger partial charge on any atom is -0.497 e. The van der Waals surface area contributed by atoms with E-state index in [1.165, 1.54) is 7.11 Å². The van der Waals surface area contributed by atoms with Crippen molar-refractivity contribution in [2.45, 2.75) is 32.7 Å². The SMILES string of the molecule is COC(=O)[C@@H](NC(=O)CCc1nnc2ccc(N3CCN(c4cccc(OC)c4)CC3)nn12)C(C)C. The first kappa shape index (κ1) is 25.2. The van der Waals surface area contributed by atoms with Crippen molar-refractivity contribution in [1.82, 2.24) is 25.1 Å². The fourth-order valence-corrected chi connectivity index (χ4v) is 4.24. The fourth-order valence-electron chi connectivity index (χ4n) is 4.24. The first-order chi connectivity index (χ1) is 17.4. The third kappa shape index (κ3) is 5.67. The number of aryl methyl sites for hydroxylation is 1. The highest BCUT2D eigenvalue weighted by Gasteiger charge is 2.25. The Morgan fingerprint density at radius 2 is 1.78 bits per heavy atom.